The second-order valence-electron chi connectivity index (χ2n) is 6.78. The Morgan fingerprint density at radius 2 is 1.50 bits per heavy atom. The topological polar surface area (TPSA) is 72.5 Å². The quantitative estimate of drug-likeness (QED) is 0.419. The van der Waals surface area contributed by atoms with Crippen LogP contribution in [0.5, 0.6) is 0 Å². The molecule has 3 aromatic rings. The van der Waals surface area contributed by atoms with Gasteiger partial charge in [-0.15, -0.1) is 11.3 Å². The van der Waals surface area contributed by atoms with E-state index in [9.17, 15) is 14.4 Å². The zero-order chi connectivity index (χ0) is 21.3. The van der Waals surface area contributed by atoms with E-state index in [1.54, 1.807) is 6.07 Å². The Bertz CT molecular complexity index is 959. The predicted octanol–water partition coefficient (Wildman–Crippen LogP) is 3.98. The SMILES string of the molecule is CC(=O)NCCc1ccc(C(=O)COC(=O)C(c2ccccc2)c2ccccc2)s1. The van der Waals surface area contributed by atoms with Crippen molar-refractivity contribution in [2.45, 2.75) is 19.3 Å². The first-order valence-corrected chi connectivity index (χ1v) is 10.5. The Kier molecular flexibility index (Phi) is 7.51. The summed E-state index contributed by atoms with van der Waals surface area (Å²) in [5.74, 6) is -1.36. The van der Waals surface area contributed by atoms with Gasteiger partial charge in [0.1, 0.15) is 5.92 Å². The van der Waals surface area contributed by atoms with Crippen LogP contribution in [0.4, 0.5) is 0 Å². The fourth-order valence-electron chi connectivity index (χ4n) is 3.07. The van der Waals surface area contributed by atoms with Gasteiger partial charge in [-0.25, -0.2) is 0 Å². The van der Waals surface area contributed by atoms with Crippen LogP contribution in [-0.4, -0.2) is 30.8 Å². The van der Waals surface area contributed by atoms with Crippen molar-refractivity contribution < 1.29 is 19.1 Å². The number of carbonyl (C=O) groups is 3. The van der Waals surface area contributed by atoms with Crippen LogP contribution in [0.3, 0.4) is 0 Å². The van der Waals surface area contributed by atoms with Gasteiger partial charge in [0.2, 0.25) is 11.7 Å². The lowest BCUT2D eigenvalue weighted by molar-refractivity contribution is -0.143. The molecule has 0 atom stereocenters. The summed E-state index contributed by atoms with van der Waals surface area (Å²) in [7, 11) is 0. The number of ketones is 1. The van der Waals surface area contributed by atoms with Crippen LogP contribution in [0, 0.1) is 0 Å². The smallest absolute Gasteiger partial charge is 0.318 e. The molecular weight excluding hydrogens is 398 g/mol. The summed E-state index contributed by atoms with van der Waals surface area (Å²) in [4.78, 5) is 37.9. The molecule has 1 amide bonds. The van der Waals surface area contributed by atoms with Crippen LogP contribution in [0.15, 0.2) is 72.8 Å². The predicted molar refractivity (Wildman–Crippen MR) is 117 cm³/mol. The van der Waals surface area contributed by atoms with E-state index in [0.717, 1.165) is 16.0 Å². The number of amides is 1. The van der Waals surface area contributed by atoms with E-state index in [4.69, 9.17) is 4.74 Å². The molecular formula is C24H23NO4S. The maximum atomic E-state index is 12.9. The lowest BCUT2D eigenvalue weighted by Gasteiger charge is -2.16. The Morgan fingerprint density at radius 3 is 2.07 bits per heavy atom. The molecule has 0 saturated carbocycles. The molecule has 0 bridgehead atoms. The molecule has 5 nitrogen and oxygen atoms in total. The second-order valence-corrected chi connectivity index (χ2v) is 7.95. The number of hydrogen-bond acceptors (Lipinski definition) is 5. The molecule has 1 heterocycles. The summed E-state index contributed by atoms with van der Waals surface area (Å²) in [5, 5.41) is 2.73. The molecule has 0 aliphatic carbocycles. The molecule has 1 aromatic heterocycles. The summed E-state index contributed by atoms with van der Waals surface area (Å²) in [6.45, 7) is 1.69. The average Bonchev–Trinajstić information content (AvgIpc) is 3.22. The maximum Gasteiger partial charge on any atom is 0.318 e. The minimum Gasteiger partial charge on any atom is -0.457 e. The highest BCUT2D eigenvalue weighted by molar-refractivity contribution is 7.14. The van der Waals surface area contributed by atoms with E-state index >= 15 is 0 Å². The molecule has 6 heteroatoms. The average molecular weight is 422 g/mol. The lowest BCUT2D eigenvalue weighted by atomic mass is 9.91. The Balaban J connectivity index is 1.63. The minimum absolute atomic E-state index is 0.0823. The van der Waals surface area contributed by atoms with Gasteiger partial charge in [0.15, 0.2) is 6.61 Å². The zero-order valence-electron chi connectivity index (χ0n) is 16.7. The number of hydrogen-bond donors (Lipinski definition) is 1. The maximum absolute atomic E-state index is 12.9. The zero-order valence-corrected chi connectivity index (χ0v) is 17.5. The van der Waals surface area contributed by atoms with Crippen molar-refractivity contribution in [3.8, 4) is 0 Å². The van der Waals surface area contributed by atoms with Gasteiger partial charge >= 0.3 is 5.97 Å². The molecule has 1 N–H and O–H groups in total. The number of nitrogens with one attached hydrogen (secondary N) is 1. The van der Waals surface area contributed by atoms with Gasteiger partial charge in [-0.1, -0.05) is 60.7 Å². The number of ether oxygens (including phenoxy) is 1. The summed E-state index contributed by atoms with van der Waals surface area (Å²) >= 11 is 1.35. The molecule has 3 rings (SSSR count). The molecule has 0 fully saturated rings. The first-order valence-electron chi connectivity index (χ1n) is 9.67. The summed E-state index contributed by atoms with van der Waals surface area (Å²) in [6.07, 6.45) is 0.654. The van der Waals surface area contributed by atoms with Gasteiger partial charge in [-0.3, -0.25) is 14.4 Å². The van der Waals surface area contributed by atoms with Crippen LogP contribution < -0.4 is 5.32 Å². The van der Waals surface area contributed by atoms with Gasteiger partial charge in [0, 0.05) is 18.3 Å². The Morgan fingerprint density at radius 1 is 0.900 bits per heavy atom. The van der Waals surface area contributed by atoms with Crippen LogP contribution in [0.2, 0.25) is 0 Å². The fourth-order valence-corrected chi connectivity index (χ4v) is 4.00. The molecule has 0 aliphatic rings. The largest absolute Gasteiger partial charge is 0.457 e. The van der Waals surface area contributed by atoms with Crippen molar-refractivity contribution in [3.05, 3.63) is 93.7 Å². The van der Waals surface area contributed by atoms with Crippen molar-refractivity contribution in [1.29, 1.82) is 0 Å². The van der Waals surface area contributed by atoms with Gasteiger partial charge < -0.3 is 10.1 Å². The first kappa shape index (κ1) is 21.5. The van der Waals surface area contributed by atoms with E-state index in [1.165, 1.54) is 18.3 Å². The van der Waals surface area contributed by atoms with Crippen LogP contribution in [-0.2, 0) is 20.7 Å². The number of thiophene rings is 1. The van der Waals surface area contributed by atoms with Crippen molar-refractivity contribution in [2.24, 2.45) is 0 Å². The van der Waals surface area contributed by atoms with Gasteiger partial charge in [0.05, 0.1) is 4.88 Å². The van der Waals surface area contributed by atoms with E-state index in [0.29, 0.717) is 17.8 Å². The second kappa shape index (κ2) is 10.5. The molecule has 0 spiro atoms. The fraction of sp³-hybridized carbons (Fsp3) is 0.208. The number of rotatable bonds is 9. The summed E-state index contributed by atoms with van der Waals surface area (Å²) < 4.78 is 5.41. The van der Waals surface area contributed by atoms with Gasteiger partial charge in [-0.05, 0) is 29.7 Å². The number of Topliss-reactive ketones (excluding diaryl/α,β-unsaturated/α-hetero) is 1. The third-order valence-corrected chi connectivity index (χ3v) is 5.71. The van der Waals surface area contributed by atoms with Gasteiger partial charge in [0.25, 0.3) is 0 Å². The third kappa shape index (κ3) is 5.87. The monoisotopic (exact) mass is 421 g/mol. The van der Waals surface area contributed by atoms with E-state index in [1.807, 2.05) is 66.7 Å². The van der Waals surface area contributed by atoms with E-state index in [2.05, 4.69) is 5.32 Å². The highest BCUT2D eigenvalue weighted by Gasteiger charge is 2.25. The van der Waals surface area contributed by atoms with Crippen molar-refractivity contribution in [1.82, 2.24) is 5.32 Å². The van der Waals surface area contributed by atoms with Crippen molar-refractivity contribution >= 4 is 29.0 Å². The number of benzene rings is 2. The summed E-state index contributed by atoms with van der Waals surface area (Å²) in [6, 6.07) is 22.4. The summed E-state index contributed by atoms with van der Waals surface area (Å²) in [5.41, 5.74) is 1.63. The molecule has 0 aliphatic heterocycles. The Hall–Kier alpha value is -3.25. The lowest BCUT2D eigenvalue weighted by Crippen LogP contribution is -2.22. The minimum atomic E-state index is -0.586. The van der Waals surface area contributed by atoms with Crippen LogP contribution in [0.1, 0.15) is 38.5 Å². The molecule has 2 aromatic carbocycles. The molecule has 0 saturated heterocycles. The van der Waals surface area contributed by atoms with E-state index < -0.39 is 11.9 Å². The van der Waals surface area contributed by atoms with Crippen molar-refractivity contribution in [2.75, 3.05) is 13.2 Å². The molecule has 0 radical (unpaired) electrons. The number of carbonyl (C=O) groups excluding carboxylic acids is 3. The number of esters is 1. The van der Waals surface area contributed by atoms with Gasteiger partial charge in [-0.2, -0.15) is 0 Å². The van der Waals surface area contributed by atoms with Crippen LogP contribution >= 0.6 is 11.3 Å². The molecule has 0 unspecified atom stereocenters. The first-order chi connectivity index (χ1) is 14.5. The molecule has 30 heavy (non-hydrogen) atoms. The normalized spacial score (nSPS) is 10.6. The standard InChI is InChI=1S/C24H23NO4S/c1-17(26)25-15-14-20-12-13-22(30-20)21(27)16-29-24(28)23(18-8-4-2-5-9-18)19-10-6-3-7-11-19/h2-13,23H,14-16H2,1H3,(H,25,26). The van der Waals surface area contributed by atoms with E-state index in [-0.39, 0.29) is 18.3 Å². The Labute approximate surface area is 179 Å². The highest BCUT2D eigenvalue weighted by Crippen LogP contribution is 2.26. The highest BCUT2D eigenvalue weighted by atomic mass is 32.1. The molecule has 154 valence electrons. The third-order valence-electron chi connectivity index (χ3n) is 4.53. The van der Waals surface area contributed by atoms with Crippen LogP contribution in [0.25, 0.3) is 0 Å². The van der Waals surface area contributed by atoms with Crippen molar-refractivity contribution in [3.63, 3.8) is 0 Å².